The van der Waals surface area contributed by atoms with Gasteiger partial charge in [-0.15, -0.1) is 0 Å². The SMILES string of the molecule is CC(C)[C@@H](NC(=O)[C@@H]1COc2ccccc2O1)c1ccc2c(c1)OCCO2. The maximum atomic E-state index is 12.8. The molecule has 4 rings (SSSR count). The summed E-state index contributed by atoms with van der Waals surface area (Å²) < 4.78 is 22.7. The Balaban J connectivity index is 1.50. The third-order valence-electron chi connectivity index (χ3n) is 4.69. The van der Waals surface area contributed by atoms with Gasteiger partial charge >= 0.3 is 0 Å². The van der Waals surface area contributed by atoms with Gasteiger partial charge < -0.3 is 24.3 Å². The number of fused-ring (bicyclic) bond motifs is 2. The lowest BCUT2D eigenvalue weighted by atomic mass is 9.95. The van der Waals surface area contributed by atoms with E-state index >= 15 is 0 Å². The summed E-state index contributed by atoms with van der Waals surface area (Å²) >= 11 is 0. The Morgan fingerprint density at radius 1 is 0.963 bits per heavy atom. The molecule has 2 heterocycles. The highest BCUT2D eigenvalue weighted by atomic mass is 16.6. The molecule has 0 unspecified atom stereocenters. The Kier molecular flexibility index (Phi) is 4.79. The minimum absolute atomic E-state index is 0.172. The van der Waals surface area contributed by atoms with Gasteiger partial charge in [-0.25, -0.2) is 0 Å². The summed E-state index contributed by atoms with van der Waals surface area (Å²) in [6.45, 7) is 5.40. The average molecular weight is 369 g/mol. The Labute approximate surface area is 158 Å². The summed E-state index contributed by atoms with van der Waals surface area (Å²) in [5, 5.41) is 3.10. The number of nitrogens with one attached hydrogen (secondary N) is 1. The monoisotopic (exact) mass is 369 g/mol. The number of carbonyl (C=O) groups is 1. The smallest absolute Gasteiger partial charge is 0.265 e. The molecule has 0 radical (unpaired) electrons. The van der Waals surface area contributed by atoms with Crippen molar-refractivity contribution in [3.63, 3.8) is 0 Å². The second-order valence-corrected chi connectivity index (χ2v) is 7.00. The Morgan fingerprint density at radius 2 is 1.67 bits per heavy atom. The molecular weight excluding hydrogens is 346 g/mol. The minimum atomic E-state index is -0.682. The van der Waals surface area contributed by atoms with E-state index in [4.69, 9.17) is 18.9 Å². The molecule has 0 saturated heterocycles. The average Bonchev–Trinajstić information content (AvgIpc) is 2.71. The van der Waals surface area contributed by atoms with Gasteiger partial charge in [0.2, 0.25) is 6.10 Å². The molecule has 0 aliphatic carbocycles. The first-order chi connectivity index (χ1) is 13.1. The van der Waals surface area contributed by atoms with Crippen molar-refractivity contribution in [3.05, 3.63) is 48.0 Å². The molecule has 27 heavy (non-hydrogen) atoms. The van der Waals surface area contributed by atoms with E-state index in [0.29, 0.717) is 30.5 Å². The number of carbonyl (C=O) groups excluding carboxylic acids is 1. The standard InChI is InChI=1S/C21H23NO5/c1-13(2)20(14-7-8-16-18(11-14)25-10-9-24-16)22-21(23)19-12-26-15-5-3-4-6-17(15)27-19/h3-8,11,13,19-20H,9-10,12H2,1-2H3,(H,22,23)/t19-,20+/m0/s1. The van der Waals surface area contributed by atoms with Crippen LogP contribution in [0.5, 0.6) is 23.0 Å². The first-order valence-corrected chi connectivity index (χ1v) is 9.20. The Bertz CT molecular complexity index is 835. The maximum Gasteiger partial charge on any atom is 0.265 e. The molecule has 1 N–H and O–H groups in total. The van der Waals surface area contributed by atoms with Gasteiger partial charge in [0, 0.05) is 0 Å². The van der Waals surface area contributed by atoms with Crippen LogP contribution in [0.2, 0.25) is 0 Å². The lowest BCUT2D eigenvalue weighted by Crippen LogP contribution is -2.46. The molecule has 2 aromatic carbocycles. The van der Waals surface area contributed by atoms with Crippen LogP contribution in [0, 0.1) is 5.92 Å². The lowest BCUT2D eigenvalue weighted by molar-refractivity contribution is -0.131. The summed E-state index contributed by atoms with van der Waals surface area (Å²) in [6.07, 6.45) is -0.682. The van der Waals surface area contributed by atoms with E-state index in [9.17, 15) is 4.79 Å². The summed E-state index contributed by atoms with van der Waals surface area (Å²) in [6, 6.07) is 13.0. The summed E-state index contributed by atoms with van der Waals surface area (Å²) in [7, 11) is 0. The van der Waals surface area contributed by atoms with E-state index in [0.717, 1.165) is 11.3 Å². The van der Waals surface area contributed by atoms with E-state index in [-0.39, 0.29) is 24.5 Å². The first kappa shape index (κ1) is 17.5. The molecule has 2 aliphatic heterocycles. The van der Waals surface area contributed by atoms with Gasteiger partial charge in [-0.3, -0.25) is 4.79 Å². The van der Waals surface area contributed by atoms with Crippen molar-refractivity contribution in [2.75, 3.05) is 19.8 Å². The number of para-hydroxylation sites is 2. The topological polar surface area (TPSA) is 66.0 Å². The van der Waals surface area contributed by atoms with Crippen molar-refractivity contribution < 1.29 is 23.7 Å². The van der Waals surface area contributed by atoms with Gasteiger partial charge in [-0.05, 0) is 35.7 Å². The third kappa shape index (κ3) is 3.65. The van der Waals surface area contributed by atoms with Gasteiger partial charge in [-0.2, -0.15) is 0 Å². The lowest BCUT2D eigenvalue weighted by Gasteiger charge is -2.29. The van der Waals surface area contributed by atoms with Crippen LogP contribution in [0.25, 0.3) is 0 Å². The summed E-state index contributed by atoms with van der Waals surface area (Å²) in [5.41, 5.74) is 0.972. The van der Waals surface area contributed by atoms with Crippen LogP contribution in [-0.4, -0.2) is 31.8 Å². The maximum absolute atomic E-state index is 12.8. The van der Waals surface area contributed by atoms with Crippen LogP contribution >= 0.6 is 0 Å². The van der Waals surface area contributed by atoms with Gasteiger partial charge in [0.05, 0.1) is 6.04 Å². The van der Waals surface area contributed by atoms with E-state index in [1.165, 1.54) is 0 Å². The van der Waals surface area contributed by atoms with E-state index in [1.807, 2.05) is 36.4 Å². The fourth-order valence-electron chi connectivity index (χ4n) is 3.28. The molecule has 0 aromatic heterocycles. The number of ether oxygens (including phenoxy) is 4. The number of hydrogen-bond donors (Lipinski definition) is 1. The van der Waals surface area contributed by atoms with Crippen LogP contribution in [0.3, 0.4) is 0 Å². The fourth-order valence-corrected chi connectivity index (χ4v) is 3.28. The number of benzene rings is 2. The summed E-state index contributed by atoms with van der Waals surface area (Å²) in [4.78, 5) is 12.8. The normalized spacial score (nSPS) is 18.7. The van der Waals surface area contributed by atoms with Crippen molar-refractivity contribution in [1.29, 1.82) is 0 Å². The Morgan fingerprint density at radius 3 is 2.44 bits per heavy atom. The molecule has 2 atom stereocenters. The molecule has 0 saturated carbocycles. The zero-order valence-corrected chi connectivity index (χ0v) is 15.4. The predicted molar refractivity (Wildman–Crippen MR) is 99.5 cm³/mol. The Hall–Kier alpha value is -2.89. The molecule has 2 aromatic rings. The first-order valence-electron chi connectivity index (χ1n) is 9.20. The molecule has 142 valence electrons. The quantitative estimate of drug-likeness (QED) is 0.897. The second kappa shape index (κ2) is 7.39. The van der Waals surface area contributed by atoms with E-state index in [1.54, 1.807) is 6.07 Å². The van der Waals surface area contributed by atoms with Crippen molar-refractivity contribution >= 4 is 5.91 Å². The highest BCUT2D eigenvalue weighted by Crippen LogP contribution is 2.35. The molecule has 0 spiro atoms. The van der Waals surface area contributed by atoms with Crippen LogP contribution in [0.1, 0.15) is 25.5 Å². The van der Waals surface area contributed by atoms with Crippen molar-refractivity contribution in [1.82, 2.24) is 5.32 Å². The van der Waals surface area contributed by atoms with Gasteiger partial charge in [0.1, 0.15) is 19.8 Å². The fraction of sp³-hybridized carbons (Fsp3) is 0.381. The van der Waals surface area contributed by atoms with Crippen molar-refractivity contribution in [2.45, 2.75) is 26.0 Å². The molecule has 6 heteroatoms. The van der Waals surface area contributed by atoms with Gasteiger partial charge in [0.15, 0.2) is 23.0 Å². The van der Waals surface area contributed by atoms with Crippen LogP contribution in [0.4, 0.5) is 0 Å². The largest absolute Gasteiger partial charge is 0.486 e. The van der Waals surface area contributed by atoms with E-state index in [2.05, 4.69) is 19.2 Å². The third-order valence-corrected chi connectivity index (χ3v) is 4.69. The molecule has 6 nitrogen and oxygen atoms in total. The zero-order chi connectivity index (χ0) is 18.8. The van der Waals surface area contributed by atoms with Crippen LogP contribution in [-0.2, 0) is 4.79 Å². The molecule has 1 amide bonds. The number of hydrogen-bond acceptors (Lipinski definition) is 5. The molecule has 2 aliphatic rings. The van der Waals surface area contributed by atoms with Crippen LogP contribution < -0.4 is 24.3 Å². The molecule has 0 bridgehead atoms. The molecular formula is C21H23NO5. The second-order valence-electron chi connectivity index (χ2n) is 7.00. The van der Waals surface area contributed by atoms with Crippen LogP contribution in [0.15, 0.2) is 42.5 Å². The number of rotatable bonds is 4. The van der Waals surface area contributed by atoms with Crippen molar-refractivity contribution in [2.24, 2.45) is 5.92 Å². The van der Waals surface area contributed by atoms with Gasteiger partial charge in [-0.1, -0.05) is 32.0 Å². The number of amides is 1. The van der Waals surface area contributed by atoms with Crippen molar-refractivity contribution in [3.8, 4) is 23.0 Å². The molecule has 0 fully saturated rings. The highest BCUT2D eigenvalue weighted by molar-refractivity contribution is 5.82. The predicted octanol–water partition coefficient (Wildman–Crippen LogP) is 3.11. The minimum Gasteiger partial charge on any atom is -0.486 e. The van der Waals surface area contributed by atoms with Gasteiger partial charge in [0.25, 0.3) is 5.91 Å². The highest BCUT2D eigenvalue weighted by Gasteiger charge is 2.30. The zero-order valence-electron chi connectivity index (χ0n) is 15.4. The summed E-state index contributed by atoms with van der Waals surface area (Å²) in [5.74, 6) is 2.69. The van der Waals surface area contributed by atoms with E-state index < -0.39 is 6.10 Å².